The third kappa shape index (κ3) is 4.42. The number of hydrogen-bond acceptors (Lipinski definition) is 8. The molecule has 3 fully saturated rings. The zero-order chi connectivity index (χ0) is 26.7. The largest absolute Gasteiger partial charge is 0.380 e. The van der Waals surface area contributed by atoms with Gasteiger partial charge in [0, 0.05) is 36.5 Å². The molecule has 1 N–H and O–H groups in total. The van der Waals surface area contributed by atoms with Crippen LogP contribution in [0, 0.1) is 5.41 Å². The Kier molecular flexibility index (Phi) is 5.79. The van der Waals surface area contributed by atoms with E-state index in [2.05, 4.69) is 30.2 Å². The number of halogens is 3. The number of carbonyl (C=O) groups is 1. The van der Waals surface area contributed by atoms with Crippen LogP contribution < -0.4 is 10.2 Å². The molecule has 3 aromatic heterocycles. The highest BCUT2D eigenvalue weighted by molar-refractivity contribution is 6.34. The minimum absolute atomic E-state index is 0.133. The zero-order valence-electron chi connectivity index (χ0n) is 20.5. The SMILES string of the molecule is O=C(Nc1cc(-c2noc(C3CC(OC(F)F)C3)n2)ccc1Cl)c1cnn2ccc(N3CC4(COC4)C3)cc12. The number of ether oxygens (including phenoxy) is 2. The van der Waals surface area contributed by atoms with Gasteiger partial charge in [-0.15, -0.1) is 0 Å². The van der Waals surface area contributed by atoms with E-state index in [1.54, 1.807) is 22.7 Å². The van der Waals surface area contributed by atoms with E-state index in [0.29, 0.717) is 51.9 Å². The Balaban J connectivity index is 1.07. The van der Waals surface area contributed by atoms with E-state index in [1.807, 2.05) is 18.3 Å². The smallest absolute Gasteiger partial charge is 0.345 e. The number of anilines is 2. The molecule has 0 bridgehead atoms. The summed E-state index contributed by atoms with van der Waals surface area (Å²) >= 11 is 6.40. The first-order chi connectivity index (χ1) is 18.9. The summed E-state index contributed by atoms with van der Waals surface area (Å²) in [6.07, 6.45) is 3.64. The second kappa shape index (κ2) is 9.25. The normalized spacial score (nSPS) is 21.6. The van der Waals surface area contributed by atoms with Gasteiger partial charge in [0.25, 0.3) is 5.91 Å². The molecule has 0 atom stereocenters. The maximum absolute atomic E-state index is 13.3. The van der Waals surface area contributed by atoms with E-state index in [-0.39, 0.29) is 17.2 Å². The number of rotatable bonds is 7. The number of aromatic nitrogens is 4. The van der Waals surface area contributed by atoms with Crippen molar-refractivity contribution >= 4 is 34.4 Å². The number of hydrogen-bond donors (Lipinski definition) is 1. The van der Waals surface area contributed by atoms with Gasteiger partial charge in [-0.2, -0.15) is 18.9 Å². The van der Waals surface area contributed by atoms with Crippen molar-refractivity contribution in [3.05, 3.63) is 59.2 Å². The molecule has 5 heterocycles. The Labute approximate surface area is 225 Å². The second-order valence-electron chi connectivity index (χ2n) is 10.4. The van der Waals surface area contributed by atoms with Crippen molar-refractivity contribution in [1.82, 2.24) is 19.8 Å². The number of fused-ring (bicyclic) bond motifs is 1. The summed E-state index contributed by atoms with van der Waals surface area (Å²) in [7, 11) is 0. The van der Waals surface area contributed by atoms with Crippen molar-refractivity contribution in [1.29, 1.82) is 0 Å². The Morgan fingerprint density at radius 1 is 1.21 bits per heavy atom. The van der Waals surface area contributed by atoms with Crippen molar-refractivity contribution in [3.8, 4) is 11.4 Å². The highest BCUT2D eigenvalue weighted by Crippen LogP contribution is 2.41. The van der Waals surface area contributed by atoms with Gasteiger partial charge in [-0.05, 0) is 43.2 Å². The monoisotopic (exact) mass is 556 g/mol. The van der Waals surface area contributed by atoms with E-state index >= 15 is 0 Å². The van der Waals surface area contributed by atoms with Crippen LogP contribution in [-0.4, -0.2) is 64.7 Å². The van der Waals surface area contributed by atoms with Gasteiger partial charge in [-0.25, -0.2) is 4.52 Å². The molecule has 1 aliphatic carbocycles. The first-order valence-corrected chi connectivity index (χ1v) is 12.9. The lowest BCUT2D eigenvalue weighted by Crippen LogP contribution is -2.66. The van der Waals surface area contributed by atoms with E-state index in [9.17, 15) is 13.6 Å². The fourth-order valence-corrected chi connectivity index (χ4v) is 5.52. The number of amides is 1. The average Bonchev–Trinajstić information content (AvgIpc) is 3.48. The highest BCUT2D eigenvalue weighted by Gasteiger charge is 2.49. The average molecular weight is 557 g/mol. The molecule has 1 aromatic carbocycles. The van der Waals surface area contributed by atoms with Crippen LogP contribution in [0.5, 0.6) is 0 Å². The van der Waals surface area contributed by atoms with Crippen LogP contribution in [0.15, 0.2) is 47.2 Å². The molecule has 1 spiro atoms. The van der Waals surface area contributed by atoms with Crippen molar-refractivity contribution in [2.75, 3.05) is 36.5 Å². The van der Waals surface area contributed by atoms with Crippen LogP contribution in [-0.2, 0) is 9.47 Å². The van der Waals surface area contributed by atoms with Crippen LogP contribution in [0.3, 0.4) is 0 Å². The Morgan fingerprint density at radius 3 is 2.77 bits per heavy atom. The van der Waals surface area contributed by atoms with Gasteiger partial charge in [-0.1, -0.05) is 16.8 Å². The minimum Gasteiger partial charge on any atom is -0.380 e. The maximum atomic E-state index is 13.3. The molecular formula is C26H23ClF2N6O4. The fraction of sp³-hybridized carbons (Fsp3) is 0.385. The molecule has 2 saturated heterocycles. The molecule has 202 valence electrons. The molecule has 13 heteroatoms. The van der Waals surface area contributed by atoms with Crippen LogP contribution in [0.1, 0.15) is 35.0 Å². The number of nitrogens with one attached hydrogen (secondary N) is 1. The quantitative estimate of drug-likeness (QED) is 0.352. The Morgan fingerprint density at radius 2 is 2.03 bits per heavy atom. The molecule has 1 saturated carbocycles. The van der Waals surface area contributed by atoms with Gasteiger partial charge in [0.1, 0.15) is 0 Å². The lowest BCUT2D eigenvalue weighted by atomic mass is 9.78. The second-order valence-corrected chi connectivity index (χ2v) is 10.8. The summed E-state index contributed by atoms with van der Waals surface area (Å²) in [6, 6.07) is 8.96. The zero-order valence-corrected chi connectivity index (χ0v) is 21.3. The van der Waals surface area contributed by atoms with E-state index in [4.69, 9.17) is 20.9 Å². The van der Waals surface area contributed by atoms with Gasteiger partial charge in [0.05, 0.1) is 52.7 Å². The van der Waals surface area contributed by atoms with E-state index < -0.39 is 12.7 Å². The van der Waals surface area contributed by atoms with Crippen molar-refractivity contribution in [2.24, 2.45) is 5.41 Å². The molecule has 0 unspecified atom stereocenters. The topological polar surface area (TPSA) is 107 Å². The number of benzene rings is 1. The molecule has 0 radical (unpaired) electrons. The summed E-state index contributed by atoms with van der Waals surface area (Å²) < 4.78 is 41.6. The molecule has 3 aliphatic rings. The Bertz CT molecular complexity index is 1560. The third-order valence-electron chi connectivity index (χ3n) is 7.64. The summed E-state index contributed by atoms with van der Waals surface area (Å²) in [5.41, 5.74) is 3.36. The summed E-state index contributed by atoms with van der Waals surface area (Å²) in [5.74, 6) is 0.174. The Hall–Kier alpha value is -3.61. The lowest BCUT2D eigenvalue weighted by Gasteiger charge is -2.56. The highest BCUT2D eigenvalue weighted by atomic mass is 35.5. The van der Waals surface area contributed by atoms with Gasteiger partial charge in [-0.3, -0.25) is 4.79 Å². The van der Waals surface area contributed by atoms with E-state index in [1.165, 1.54) is 6.20 Å². The summed E-state index contributed by atoms with van der Waals surface area (Å²) in [4.78, 5) is 20.0. The lowest BCUT2D eigenvalue weighted by molar-refractivity contribution is -0.185. The summed E-state index contributed by atoms with van der Waals surface area (Å²) in [6.45, 7) is 0.673. The van der Waals surface area contributed by atoms with Gasteiger partial charge >= 0.3 is 6.61 Å². The predicted molar refractivity (Wildman–Crippen MR) is 136 cm³/mol. The van der Waals surface area contributed by atoms with Crippen LogP contribution in [0.4, 0.5) is 20.2 Å². The van der Waals surface area contributed by atoms with Gasteiger partial charge < -0.3 is 24.2 Å². The minimum atomic E-state index is -2.80. The number of carbonyl (C=O) groups excluding carboxylic acids is 1. The number of nitrogens with zero attached hydrogens (tertiary/aromatic N) is 5. The molecule has 7 rings (SSSR count). The number of alkyl halides is 2. The van der Waals surface area contributed by atoms with Gasteiger partial charge in [0.2, 0.25) is 11.7 Å². The molecule has 1 amide bonds. The van der Waals surface area contributed by atoms with Crippen molar-refractivity contribution < 1.29 is 27.6 Å². The molecule has 2 aliphatic heterocycles. The first-order valence-electron chi connectivity index (χ1n) is 12.5. The van der Waals surface area contributed by atoms with Crippen LogP contribution >= 0.6 is 11.6 Å². The molecule has 39 heavy (non-hydrogen) atoms. The van der Waals surface area contributed by atoms with E-state index in [0.717, 1.165) is 32.0 Å². The predicted octanol–water partition coefficient (Wildman–Crippen LogP) is 4.61. The third-order valence-corrected chi connectivity index (χ3v) is 7.97. The standard InChI is InChI=1S/C26H23ClF2N6O4/c27-19-2-1-14(22-32-24(39-33-22)15-5-17(6-15)38-25(28)29)7-20(19)31-23(36)18-9-30-35-4-3-16(8-21(18)35)34-10-26(11-34)12-37-13-26/h1-4,7-9,15,17,25H,5-6,10-13H2,(H,31,36). The molecular weight excluding hydrogens is 534 g/mol. The van der Waals surface area contributed by atoms with Crippen LogP contribution in [0.2, 0.25) is 5.02 Å². The molecule has 4 aromatic rings. The van der Waals surface area contributed by atoms with Crippen molar-refractivity contribution in [3.63, 3.8) is 0 Å². The van der Waals surface area contributed by atoms with Crippen LogP contribution in [0.25, 0.3) is 16.9 Å². The summed E-state index contributed by atoms with van der Waals surface area (Å²) in [5, 5.41) is 11.6. The fourth-order valence-electron chi connectivity index (χ4n) is 5.35. The number of pyridine rings is 1. The first kappa shape index (κ1) is 24.4. The van der Waals surface area contributed by atoms with Gasteiger partial charge in [0.15, 0.2) is 0 Å². The maximum Gasteiger partial charge on any atom is 0.345 e. The molecule has 10 nitrogen and oxygen atoms in total. The van der Waals surface area contributed by atoms with Crippen molar-refractivity contribution in [2.45, 2.75) is 31.5 Å².